The van der Waals surface area contributed by atoms with E-state index in [1.54, 1.807) is 11.8 Å². The first-order chi connectivity index (χ1) is 8.81. The Balaban J connectivity index is 1.69. The van der Waals surface area contributed by atoms with Gasteiger partial charge in [0.15, 0.2) is 11.5 Å². The number of thioether (sulfide) groups is 1. The molecular formula is C15H14O2S. The van der Waals surface area contributed by atoms with Crippen molar-refractivity contribution in [2.45, 2.75) is 23.9 Å². The molecule has 92 valence electrons. The molecule has 1 atom stereocenters. The van der Waals surface area contributed by atoms with Gasteiger partial charge in [-0.25, -0.2) is 0 Å². The minimum absolute atomic E-state index is 0.172. The first-order valence-corrected chi connectivity index (χ1v) is 6.94. The maximum absolute atomic E-state index is 5.56. The van der Waals surface area contributed by atoms with Crippen molar-refractivity contribution >= 4 is 11.8 Å². The maximum atomic E-state index is 5.56. The van der Waals surface area contributed by atoms with Crippen LogP contribution >= 0.6 is 11.8 Å². The predicted octanol–water partition coefficient (Wildman–Crippen LogP) is 4.10. The molecule has 2 aromatic rings. The zero-order valence-corrected chi connectivity index (χ0v) is 10.9. The van der Waals surface area contributed by atoms with E-state index in [1.807, 2.05) is 25.1 Å². The summed E-state index contributed by atoms with van der Waals surface area (Å²) in [6.45, 7) is 1.90. The van der Waals surface area contributed by atoms with E-state index in [2.05, 4.69) is 30.3 Å². The number of rotatable bonds is 3. The lowest BCUT2D eigenvalue weighted by molar-refractivity contribution is 0.0678. The summed E-state index contributed by atoms with van der Waals surface area (Å²) in [6.07, 6.45) is -0.172. The molecule has 0 amide bonds. The quantitative estimate of drug-likeness (QED) is 0.772. The summed E-state index contributed by atoms with van der Waals surface area (Å²) >= 11 is 1.81. The zero-order valence-electron chi connectivity index (χ0n) is 10.1. The number of hydrogen-bond donors (Lipinski definition) is 0. The van der Waals surface area contributed by atoms with Crippen LogP contribution in [0.25, 0.3) is 0 Å². The highest BCUT2D eigenvalue weighted by Crippen LogP contribution is 2.38. The van der Waals surface area contributed by atoms with Crippen molar-refractivity contribution in [3.05, 3.63) is 54.1 Å². The Bertz CT molecular complexity index is 539. The van der Waals surface area contributed by atoms with Crippen molar-refractivity contribution in [3.8, 4) is 11.5 Å². The molecular weight excluding hydrogens is 244 g/mol. The number of fused-ring (bicyclic) bond motifs is 1. The maximum Gasteiger partial charge on any atom is 0.238 e. The number of benzene rings is 2. The molecule has 0 saturated heterocycles. The SMILES string of the molecule is CC1Oc2ccc(SCc3ccccc3)cc2O1. The molecule has 0 aromatic heterocycles. The Morgan fingerprint density at radius 3 is 2.61 bits per heavy atom. The van der Waals surface area contributed by atoms with Gasteiger partial charge >= 0.3 is 0 Å². The fraction of sp³-hybridized carbons (Fsp3) is 0.200. The minimum atomic E-state index is -0.172. The smallest absolute Gasteiger partial charge is 0.238 e. The van der Waals surface area contributed by atoms with Crippen LogP contribution in [-0.2, 0) is 5.75 Å². The summed E-state index contributed by atoms with van der Waals surface area (Å²) in [4.78, 5) is 1.20. The fourth-order valence-corrected chi connectivity index (χ4v) is 2.77. The van der Waals surface area contributed by atoms with E-state index in [0.29, 0.717) is 0 Å². The molecule has 3 rings (SSSR count). The Morgan fingerprint density at radius 2 is 1.78 bits per heavy atom. The lowest BCUT2D eigenvalue weighted by Crippen LogP contribution is -2.11. The van der Waals surface area contributed by atoms with Gasteiger partial charge in [0.25, 0.3) is 0 Å². The Hall–Kier alpha value is -1.61. The van der Waals surface area contributed by atoms with E-state index in [9.17, 15) is 0 Å². The summed E-state index contributed by atoms with van der Waals surface area (Å²) in [5, 5.41) is 0. The van der Waals surface area contributed by atoms with E-state index in [4.69, 9.17) is 9.47 Å². The third-order valence-electron chi connectivity index (χ3n) is 2.75. The minimum Gasteiger partial charge on any atom is -0.451 e. The molecule has 0 saturated carbocycles. The van der Waals surface area contributed by atoms with E-state index >= 15 is 0 Å². The van der Waals surface area contributed by atoms with Gasteiger partial charge in [-0.3, -0.25) is 0 Å². The first-order valence-electron chi connectivity index (χ1n) is 5.95. The molecule has 18 heavy (non-hydrogen) atoms. The third-order valence-corrected chi connectivity index (χ3v) is 3.81. The summed E-state index contributed by atoms with van der Waals surface area (Å²) in [5.41, 5.74) is 1.33. The van der Waals surface area contributed by atoms with Crippen molar-refractivity contribution < 1.29 is 9.47 Å². The molecule has 0 bridgehead atoms. The number of hydrogen-bond acceptors (Lipinski definition) is 3. The van der Waals surface area contributed by atoms with Gasteiger partial charge < -0.3 is 9.47 Å². The Morgan fingerprint density at radius 1 is 1.00 bits per heavy atom. The normalized spacial score (nSPS) is 16.8. The van der Waals surface area contributed by atoms with Crippen LogP contribution in [0.15, 0.2) is 53.4 Å². The zero-order chi connectivity index (χ0) is 12.4. The van der Waals surface area contributed by atoms with Crippen molar-refractivity contribution in [1.82, 2.24) is 0 Å². The fourth-order valence-electron chi connectivity index (χ4n) is 1.89. The molecule has 2 aromatic carbocycles. The summed E-state index contributed by atoms with van der Waals surface area (Å²) in [6, 6.07) is 16.6. The molecule has 1 heterocycles. The van der Waals surface area contributed by atoms with Crippen LogP contribution in [-0.4, -0.2) is 6.29 Å². The van der Waals surface area contributed by atoms with E-state index in [0.717, 1.165) is 17.3 Å². The van der Waals surface area contributed by atoms with Gasteiger partial charge in [-0.05, 0) is 23.8 Å². The van der Waals surface area contributed by atoms with Gasteiger partial charge in [0.2, 0.25) is 6.29 Å². The molecule has 0 spiro atoms. The van der Waals surface area contributed by atoms with Crippen LogP contribution in [0.5, 0.6) is 11.5 Å². The molecule has 0 fully saturated rings. The highest BCUT2D eigenvalue weighted by molar-refractivity contribution is 7.98. The average Bonchev–Trinajstić information content (AvgIpc) is 2.77. The van der Waals surface area contributed by atoms with Crippen LogP contribution in [0.2, 0.25) is 0 Å². The molecule has 0 radical (unpaired) electrons. The molecule has 0 N–H and O–H groups in total. The third kappa shape index (κ3) is 2.46. The Kier molecular flexibility index (Phi) is 3.15. The molecule has 1 unspecified atom stereocenters. The highest BCUT2D eigenvalue weighted by Gasteiger charge is 2.19. The van der Waals surface area contributed by atoms with Gasteiger partial charge in [-0.2, -0.15) is 0 Å². The van der Waals surface area contributed by atoms with Crippen LogP contribution in [0, 0.1) is 0 Å². The topological polar surface area (TPSA) is 18.5 Å². The van der Waals surface area contributed by atoms with Crippen LogP contribution < -0.4 is 9.47 Å². The second-order valence-corrected chi connectivity index (χ2v) is 5.23. The largest absolute Gasteiger partial charge is 0.451 e. The van der Waals surface area contributed by atoms with Crippen LogP contribution in [0.1, 0.15) is 12.5 Å². The Labute approximate surface area is 111 Å². The van der Waals surface area contributed by atoms with Crippen LogP contribution in [0.4, 0.5) is 0 Å². The second kappa shape index (κ2) is 4.94. The van der Waals surface area contributed by atoms with Gasteiger partial charge in [-0.1, -0.05) is 30.3 Å². The summed E-state index contributed by atoms with van der Waals surface area (Å²) < 4.78 is 11.1. The molecule has 1 aliphatic heterocycles. The average molecular weight is 258 g/mol. The van der Waals surface area contributed by atoms with Crippen molar-refractivity contribution in [2.24, 2.45) is 0 Å². The van der Waals surface area contributed by atoms with E-state index in [-0.39, 0.29) is 6.29 Å². The van der Waals surface area contributed by atoms with Gasteiger partial charge in [0, 0.05) is 17.6 Å². The van der Waals surface area contributed by atoms with Crippen molar-refractivity contribution in [1.29, 1.82) is 0 Å². The molecule has 3 heteroatoms. The second-order valence-electron chi connectivity index (χ2n) is 4.19. The van der Waals surface area contributed by atoms with Gasteiger partial charge in [-0.15, -0.1) is 11.8 Å². The predicted molar refractivity (Wildman–Crippen MR) is 73.2 cm³/mol. The monoisotopic (exact) mass is 258 g/mol. The lowest BCUT2D eigenvalue weighted by atomic mass is 10.2. The molecule has 0 aliphatic carbocycles. The van der Waals surface area contributed by atoms with Crippen molar-refractivity contribution in [2.75, 3.05) is 0 Å². The first kappa shape index (κ1) is 11.5. The van der Waals surface area contributed by atoms with Gasteiger partial charge in [0.1, 0.15) is 0 Å². The summed E-state index contributed by atoms with van der Waals surface area (Å²) in [7, 11) is 0. The van der Waals surface area contributed by atoms with Crippen molar-refractivity contribution in [3.63, 3.8) is 0 Å². The van der Waals surface area contributed by atoms with Gasteiger partial charge in [0.05, 0.1) is 0 Å². The summed E-state index contributed by atoms with van der Waals surface area (Å²) in [5.74, 6) is 2.66. The number of ether oxygens (including phenoxy) is 2. The van der Waals surface area contributed by atoms with E-state index < -0.39 is 0 Å². The highest BCUT2D eigenvalue weighted by atomic mass is 32.2. The standard InChI is InChI=1S/C15H14O2S/c1-11-16-14-8-7-13(9-15(14)17-11)18-10-12-5-3-2-4-6-12/h2-9,11H,10H2,1H3. The molecule has 1 aliphatic rings. The lowest BCUT2D eigenvalue weighted by Gasteiger charge is -2.03. The van der Waals surface area contributed by atoms with Crippen LogP contribution in [0.3, 0.4) is 0 Å². The molecule has 2 nitrogen and oxygen atoms in total. The van der Waals surface area contributed by atoms with E-state index in [1.165, 1.54) is 10.5 Å².